The molecule has 3 nitrogen and oxygen atoms in total. The Morgan fingerprint density at radius 2 is 2.07 bits per heavy atom. The lowest BCUT2D eigenvalue weighted by molar-refractivity contribution is 0.369. The normalized spacial score (nSPS) is 16.1. The molecule has 2 N–H and O–H groups in total. The van der Waals surface area contributed by atoms with Crippen LogP contribution in [0.1, 0.15) is 5.56 Å². The van der Waals surface area contributed by atoms with Crippen molar-refractivity contribution >= 4 is 0 Å². The number of nitrogens with one attached hydrogen (secondary N) is 2. The number of ether oxygens (including phenoxy) is 1. The molecule has 0 spiro atoms. The van der Waals surface area contributed by atoms with Crippen LogP contribution in [-0.4, -0.2) is 32.8 Å². The molecule has 1 aliphatic rings. The molecule has 15 heavy (non-hydrogen) atoms. The highest BCUT2D eigenvalue weighted by Gasteiger charge is 2.14. The summed E-state index contributed by atoms with van der Waals surface area (Å²) in [5.41, 5.74) is 1.36. The topological polar surface area (TPSA) is 33.3 Å². The van der Waals surface area contributed by atoms with Gasteiger partial charge in [0.15, 0.2) is 0 Å². The minimum absolute atomic E-state index is 0.684. The Balaban J connectivity index is 1.72. The Kier molecular flexibility index (Phi) is 3.59. The molecule has 1 heterocycles. The third kappa shape index (κ3) is 2.94. The van der Waals surface area contributed by atoms with E-state index in [2.05, 4.69) is 22.8 Å². The maximum absolute atomic E-state index is 5.11. The summed E-state index contributed by atoms with van der Waals surface area (Å²) in [5, 5.41) is 6.75. The molecule has 1 aromatic rings. The molecule has 0 amide bonds. The van der Waals surface area contributed by atoms with Crippen molar-refractivity contribution in [2.45, 2.75) is 12.5 Å². The zero-order chi connectivity index (χ0) is 10.5. The van der Waals surface area contributed by atoms with Crippen LogP contribution in [0, 0.1) is 0 Å². The van der Waals surface area contributed by atoms with Gasteiger partial charge < -0.3 is 15.4 Å². The largest absolute Gasteiger partial charge is 0.497 e. The molecule has 0 bridgehead atoms. The fourth-order valence-electron chi connectivity index (χ4n) is 1.65. The summed E-state index contributed by atoms with van der Waals surface area (Å²) < 4.78 is 5.11. The molecule has 0 aromatic heterocycles. The summed E-state index contributed by atoms with van der Waals surface area (Å²) in [6.45, 7) is 3.28. The molecular formula is C12H18N2O. The first kappa shape index (κ1) is 10.5. The second kappa shape index (κ2) is 5.14. The van der Waals surface area contributed by atoms with E-state index in [9.17, 15) is 0 Å². The van der Waals surface area contributed by atoms with Crippen molar-refractivity contribution in [2.24, 2.45) is 0 Å². The van der Waals surface area contributed by atoms with Gasteiger partial charge in [-0.25, -0.2) is 0 Å². The third-order valence-electron chi connectivity index (χ3n) is 2.79. The van der Waals surface area contributed by atoms with E-state index >= 15 is 0 Å². The minimum atomic E-state index is 0.684. The summed E-state index contributed by atoms with van der Waals surface area (Å²) >= 11 is 0. The maximum Gasteiger partial charge on any atom is 0.118 e. The minimum Gasteiger partial charge on any atom is -0.497 e. The van der Waals surface area contributed by atoms with Gasteiger partial charge in [-0.05, 0) is 30.7 Å². The fourth-order valence-corrected chi connectivity index (χ4v) is 1.65. The van der Waals surface area contributed by atoms with Gasteiger partial charge in [0, 0.05) is 19.1 Å². The molecule has 0 aliphatic carbocycles. The van der Waals surface area contributed by atoms with Gasteiger partial charge in [-0.1, -0.05) is 12.1 Å². The van der Waals surface area contributed by atoms with E-state index in [0.717, 1.165) is 31.8 Å². The number of hydrogen-bond acceptors (Lipinski definition) is 3. The molecule has 0 atom stereocenters. The predicted molar refractivity (Wildman–Crippen MR) is 61.4 cm³/mol. The lowest BCUT2D eigenvalue weighted by atomic mass is 10.1. The van der Waals surface area contributed by atoms with Crippen LogP contribution in [0.15, 0.2) is 24.3 Å². The maximum atomic E-state index is 5.11. The molecule has 1 fully saturated rings. The highest BCUT2D eigenvalue weighted by Crippen LogP contribution is 2.11. The molecule has 1 aromatic carbocycles. The zero-order valence-corrected chi connectivity index (χ0v) is 9.12. The summed E-state index contributed by atoms with van der Waals surface area (Å²) in [5.74, 6) is 0.926. The van der Waals surface area contributed by atoms with Gasteiger partial charge in [-0.15, -0.1) is 0 Å². The van der Waals surface area contributed by atoms with Gasteiger partial charge in [0.05, 0.1) is 7.11 Å². The van der Waals surface area contributed by atoms with Crippen LogP contribution >= 0.6 is 0 Å². The van der Waals surface area contributed by atoms with E-state index in [1.165, 1.54) is 5.56 Å². The summed E-state index contributed by atoms with van der Waals surface area (Å²) in [4.78, 5) is 0. The molecule has 3 heteroatoms. The molecule has 1 saturated heterocycles. The second-order valence-electron chi connectivity index (χ2n) is 3.91. The first-order valence-electron chi connectivity index (χ1n) is 5.45. The highest BCUT2D eigenvalue weighted by atomic mass is 16.5. The van der Waals surface area contributed by atoms with Gasteiger partial charge >= 0.3 is 0 Å². The third-order valence-corrected chi connectivity index (χ3v) is 2.79. The highest BCUT2D eigenvalue weighted by molar-refractivity contribution is 5.27. The number of hydrogen-bond donors (Lipinski definition) is 2. The van der Waals surface area contributed by atoms with E-state index in [4.69, 9.17) is 4.74 Å². The van der Waals surface area contributed by atoms with Crippen LogP contribution in [0.5, 0.6) is 5.75 Å². The monoisotopic (exact) mass is 206 g/mol. The van der Waals surface area contributed by atoms with Gasteiger partial charge in [0.25, 0.3) is 0 Å². The van der Waals surface area contributed by atoms with Crippen LogP contribution in [0.3, 0.4) is 0 Å². The number of methoxy groups -OCH3 is 1. The molecular weight excluding hydrogens is 188 g/mol. The number of rotatable bonds is 5. The summed E-state index contributed by atoms with van der Waals surface area (Å²) in [6.07, 6.45) is 1.08. The van der Waals surface area contributed by atoms with Crippen LogP contribution < -0.4 is 15.4 Å². The SMILES string of the molecule is COc1ccc(CCNC2CNC2)cc1. The first-order chi connectivity index (χ1) is 7.38. The van der Waals surface area contributed by atoms with E-state index in [-0.39, 0.29) is 0 Å². The smallest absolute Gasteiger partial charge is 0.118 e. The average molecular weight is 206 g/mol. The Morgan fingerprint density at radius 3 is 2.60 bits per heavy atom. The van der Waals surface area contributed by atoms with Crippen molar-refractivity contribution in [3.63, 3.8) is 0 Å². The van der Waals surface area contributed by atoms with Crippen molar-refractivity contribution in [1.82, 2.24) is 10.6 Å². The van der Waals surface area contributed by atoms with Crippen molar-refractivity contribution in [1.29, 1.82) is 0 Å². The van der Waals surface area contributed by atoms with Crippen molar-refractivity contribution in [3.05, 3.63) is 29.8 Å². The molecule has 2 rings (SSSR count). The van der Waals surface area contributed by atoms with Crippen molar-refractivity contribution in [2.75, 3.05) is 26.7 Å². The van der Waals surface area contributed by atoms with Crippen LogP contribution in [-0.2, 0) is 6.42 Å². The van der Waals surface area contributed by atoms with E-state index < -0.39 is 0 Å². The standard InChI is InChI=1S/C12H18N2O/c1-15-12-4-2-10(3-5-12)6-7-14-11-8-13-9-11/h2-5,11,13-14H,6-9H2,1H3. The first-order valence-corrected chi connectivity index (χ1v) is 5.45. The molecule has 82 valence electrons. The Morgan fingerprint density at radius 1 is 1.33 bits per heavy atom. The van der Waals surface area contributed by atoms with Crippen molar-refractivity contribution in [3.8, 4) is 5.75 Å². The van der Waals surface area contributed by atoms with E-state index in [1.807, 2.05) is 12.1 Å². The van der Waals surface area contributed by atoms with Crippen LogP contribution in [0.2, 0.25) is 0 Å². The molecule has 1 aliphatic heterocycles. The Labute approximate surface area is 90.8 Å². The van der Waals surface area contributed by atoms with E-state index in [0.29, 0.717) is 6.04 Å². The van der Waals surface area contributed by atoms with Crippen LogP contribution in [0.4, 0.5) is 0 Å². The summed E-state index contributed by atoms with van der Waals surface area (Å²) in [6, 6.07) is 8.96. The molecule has 0 radical (unpaired) electrons. The molecule has 0 saturated carbocycles. The second-order valence-corrected chi connectivity index (χ2v) is 3.91. The van der Waals surface area contributed by atoms with Crippen LogP contribution in [0.25, 0.3) is 0 Å². The van der Waals surface area contributed by atoms with E-state index in [1.54, 1.807) is 7.11 Å². The number of benzene rings is 1. The lowest BCUT2D eigenvalue weighted by Crippen LogP contribution is -2.55. The zero-order valence-electron chi connectivity index (χ0n) is 9.12. The Bertz CT molecular complexity index is 293. The predicted octanol–water partition coefficient (Wildman–Crippen LogP) is 0.799. The Hall–Kier alpha value is -1.06. The van der Waals surface area contributed by atoms with Gasteiger partial charge in [0.1, 0.15) is 5.75 Å². The quantitative estimate of drug-likeness (QED) is 0.747. The van der Waals surface area contributed by atoms with Gasteiger partial charge in [-0.3, -0.25) is 0 Å². The lowest BCUT2D eigenvalue weighted by Gasteiger charge is -2.28. The molecule has 0 unspecified atom stereocenters. The van der Waals surface area contributed by atoms with Gasteiger partial charge in [0.2, 0.25) is 0 Å². The van der Waals surface area contributed by atoms with Crippen molar-refractivity contribution < 1.29 is 4.74 Å². The average Bonchev–Trinajstić information content (AvgIpc) is 2.23. The fraction of sp³-hybridized carbons (Fsp3) is 0.500. The summed E-state index contributed by atoms with van der Waals surface area (Å²) in [7, 11) is 1.69. The van der Waals surface area contributed by atoms with Gasteiger partial charge in [-0.2, -0.15) is 0 Å².